The standard InChI is InChI=1S/C20H21FN4O2/c21-16-6-4-15(5-7-16)13-20(8-11-26-12-9-20)23-14-18-24-19(25-27-18)17-3-1-2-10-22-17/h1-7,10,23H,8-9,11-14H2. The molecule has 0 atom stereocenters. The highest BCUT2D eigenvalue weighted by Crippen LogP contribution is 2.26. The number of pyridine rings is 1. The van der Waals surface area contributed by atoms with Gasteiger partial charge >= 0.3 is 0 Å². The van der Waals surface area contributed by atoms with Gasteiger partial charge in [-0.2, -0.15) is 4.98 Å². The van der Waals surface area contributed by atoms with Gasteiger partial charge in [-0.25, -0.2) is 4.39 Å². The van der Waals surface area contributed by atoms with E-state index in [1.807, 2.05) is 30.3 Å². The van der Waals surface area contributed by atoms with Gasteiger partial charge in [0.2, 0.25) is 11.7 Å². The van der Waals surface area contributed by atoms with E-state index in [9.17, 15) is 4.39 Å². The summed E-state index contributed by atoms with van der Waals surface area (Å²) in [6.07, 6.45) is 4.22. The van der Waals surface area contributed by atoms with E-state index in [4.69, 9.17) is 9.26 Å². The third-order valence-electron chi connectivity index (χ3n) is 4.88. The Bertz CT molecular complexity index is 861. The third kappa shape index (κ3) is 4.37. The fourth-order valence-electron chi connectivity index (χ4n) is 3.36. The van der Waals surface area contributed by atoms with Gasteiger partial charge in [0.25, 0.3) is 0 Å². The van der Waals surface area contributed by atoms with E-state index in [1.165, 1.54) is 12.1 Å². The van der Waals surface area contributed by atoms with Crippen LogP contribution in [0.4, 0.5) is 4.39 Å². The summed E-state index contributed by atoms with van der Waals surface area (Å²) in [4.78, 5) is 8.67. The predicted molar refractivity (Wildman–Crippen MR) is 97.3 cm³/mol. The van der Waals surface area contributed by atoms with Crippen molar-refractivity contribution in [2.75, 3.05) is 13.2 Å². The molecule has 1 aliphatic heterocycles. The first-order valence-electron chi connectivity index (χ1n) is 9.04. The quantitative estimate of drug-likeness (QED) is 0.721. The number of nitrogens with one attached hydrogen (secondary N) is 1. The molecule has 4 rings (SSSR count). The second kappa shape index (κ2) is 7.94. The Morgan fingerprint density at radius 3 is 2.63 bits per heavy atom. The topological polar surface area (TPSA) is 73.1 Å². The molecule has 0 unspecified atom stereocenters. The Morgan fingerprint density at radius 2 is 1.89 bits per heavy atom. The van der Waals surface area contributed by atoms with Crippen LogP contribution in [0.15, 0.2) is 53.2 Å². The molecule has 140 valence electrons. The molecule has 0 radical (unpaired) electrons. The fraction of sp³-hybridized carbons (Fsp3) is 0.350. The monoisotopic (exact) mass is 368 g/mol. The van der Waals surface area contributed by atoms with Crippen LogP contribution in [0.2, 0.25) is 0 Å². The average Bonchev–Trinajstić information content (AvgIpc) is 3.19. The molecule has 1 saturated heterocycles. The Balaban J connectivity index is 1.46. The molecule has 1 fully saturated rings. The van der Waals surface area contributed by atoms with Crippen LogP contribution in [-0.2, 0) is 17.7 Å². The molecule has 0 saturated carbocycles. The minimum Gasteiger partial charge on any atom is -0.381 e. The van der Waals surface area contributed by atoms with Crippen LogP contribution < -0.4 is 5.32 Å². The van der Waals surface area contributed by atoms with E-state index in [1.54, 1.807) is 6.20 Å². The molecule has 6 nitrogen and oxygen atoms in total. The molecular weight excluding hydrogens is 347 g/mol. The maximum Gasteiger partial charge on any atom is 0.240 e. The lowest BCUT2D eigenvalue weighted by molar-refractivity contribution is 0.0362. The lowest BCUT2D eigenvalue weighted by atomic mass is 9.83. The van der Waals surface area contributed by atoms with Gasteiger partial charge in [0.1, 0.15) is 11.5 Å². The number of ether oxygens (including phenoxy) is 1. The van der Waals surface area contributed by atoms with Crippen LogP contribution in [-0.4, -0.2) is 33.9 Å². The molecule has 3 heterocycles. The Kier molecular flexibility index (Phi) is 5.22. The summed E-state index contributed by atoms with van der Waals surface area (Å²) < 4.78 is 24.1. The molecule has 0 bridgehead atoms. The molecule has 2 aromatic heterocycles. The molecule has 0 spiro atoms. The molecule has 7 heteroatoms. The second-order valence-corrected chi connectivity index (χ2v) is 6.78. The minimum atomic E-state index is -0.222. The number of nitrogens with zero attached hydrogens (tertiary/aromatic N) is 3. The first-order valence-corrected chi connectivity index (χ1v) is 9.04. The van der Waals surface area contributed by atoms with Gasteiger partial charge in [0.05, 0.1) is 6.54 Å². The van der Waals surface area contributed by atoms with Gasteiger partial charge in [-0.15, -0.1) is 0 Å². The number of rotatable bonds is 6. The molecule has 1 aromatic carbocycles. The van der Waals surface area contributed by atoms with E-state index >= 15 is 0 Å². The molecule has 27 heavy (non-hydrogen) atoms. The predicted octanol–water partition coefficient (Wildman–Crippen LogP) is 3.15. The van der Waals surface area contributed by atoms with Crippen LogP contribution >= 0.6 is 0 Å². The SMILES string of the molecule is Fc1ccc(CC2(NCc3nc(-c4ccccn4)no3)CCOCC2)cc1. The molecule has 0 amide bonds. The van der Waals surface area contributed by atoms with E-state index in [-0.39, 0.29) is 11.4 Å². The van der Waals surface area contributed by atoms with Crippen LogP contribution in [0.5, 0.6) is 0 Å². The third-order valence-corrected chi connectivity index (χ3v) is 4.88. The largest absolute Gasteiger partial charge is 0.381 e. The number of halogens is 1. The summed E-state index contributed by atoms with van der Waals surface area (Å²) in [7, 11) is 0. The molecular formula is C20H21FN4O2. The van der Waals surface area contributed by atoms with E-state index < -0.39 is 0 Å². The summed E-state index contributed by atoms with van der Waals surface area (Å²) >= 11 is 0. The van der Waals surface area contributed by atoms with Gasteiger partial charge in [-0.05, 0) is 49.1 Å². The van der Waals surface area contributed by atoms with Crippen molar-refractivity contribution >= 4 is 0 Å². The van der Waals surface area contributed by atoms with Crippen molar-refractivity contribution in [1.29, 1.82) is 0 Å². The van der Waals surface area contributed by atoms with Crippen LogP contribution in [0.25, 0.3) is 11.5 Å². The first kappa shape index (κ1) is 17.8. The Hall–Kier alpha value is -2.64. The van der Waals surface area contributed by atoms with E-state index in [0.29, 0.717) is 37.2 Å². The van der Waals surface area contributed by atoms with Gasteiger partial charge in [0.15, 0.2) is 0 Å². The Labute approximate surface area is 156 Å². The van der Waals surface area contributed by atoms with Crippen LogP contribution in [0, 0.1) is 5.82 Å². The van der Waals surface area contributed by atoms with Crippen molar-refractivity contribution in [1.82, 2.24) is 20.4 Å². The van der Waals surface area contributed by atoms with Crippen molar-refractivity contribution < 1.29 is 13.7 Å². The lowest BCUT2D eigenvalue weighted by Gasteiger charge is -2.38. The van der Waals surface area contributed by atoms with Gasteiger partial charge < -0.3 is 14.6 Å². The first-order chi connectivity index (χ1) is 13.2. The highest BCUT2D eigenvalue weighted by molar-refractivity contribution is 5.47. The number of hydrogen-bond donors (Lipinski definition) is 1. The molecule has 1 aliphatic rings. The highest BCUT2D eigenvalue weighted by Gasteiger charge is 2.32. The lowest BCUT2D eigenvalue weighted by Crippen LogP contribution is -2.50. The maximum atomic E-state index is 13.2. The fourth-order valence-corrected chi connectivity index (χ4v) is 3.36. The maximum absolute atomic E-state index is 13.2. The van der Waals surface area contributed by atoms with Crippen molar-refractivity contribution in [3.63, 3.8) is 0 Å². The number of hydrogen-bond acceptors (Lipinski definition) is 6. The number of benzene rings is 1. The zero-order valence-corrected chi connectivity index (χ0v) is 14.9. The van der Waals surface area contributed by atoms with E-state index in [2.05, 4.69) is 20.4 Å². The Morgan fingerprint density at radius 1 is 1.07 bits per heavy atom. The van der Waals surface area contributed by atoms with Crippen molar-refractivity contribution in [3.8, 4) is 11.5 Å². The average molecular weight is 368 g/mol. The minimum absolute atomic E-state index is 0.143. The van der Waals surface area contributed by atoms with E-state index in [0.717, 1.165) is 24.8 Å². The van der Waals surface area contributed by atoms with Crippen molar-refractivity contribution in [2.45, 2.75) is 31.3 Å². The summed E-state index contributed by atoms with van der Waals surface area (Å²) in [6, 6.07) is 12.2. The molecule has 1 N–H and O–H groups in total. The van der Waals surface area contributed by atoms with Gasteiger partial charge in [0, 0.05) is 24.9 Å². The van der Waals surface area contributed by atoms with Crippen LogP contribution in [0.1, 0.15) is 24.3 Å². The summed E-state index contributed by atoms with van der Waals surface area (Å²) in [5.74, 6) is 0.772. The zero-order chi connectivity index (χ0) is 18.5. The number of aromatic nitrogens is 3. The normalized spacial score (nSPS) is 16.3. The summed E-state index contributed by atoms with van der Waals surface area (Å²) in [5.41, 5.74) is 1.63. The van der Waals surface area contributed by atoms with Crippen molar-refractivity contribution in [2.24, 2.45) is 0 Å². The van der Waals surface area contributed by atoms with Crippen molar-refractivity contribution in [3.05, 3.63) is 65.9 Å². The van der Waals surface area contributed by atoms with Gasteiger partial charge in [-0.3, -0.25) is 4.98 Å². The summed E-state index contributed by atoms with van der Waals surface area (Å²) in [5, 5.41) is 7.60. The molecule has 3 aromatic rings. The molecule has 0 aliphatic carbocycles. The highest BCUT2D eigenvalue weighted by atomic mass is 19.1. The smallest absolute Gasteiger partial charge is 0.240 e. The zero-order valence-electron chi connectivity index (χ0n) is 14.9. The van der Waals surface area contributed by atoms with Crippen LogP contribution in [0.3, 0.4) is 0 Å². The van der Waals surface area contributed by atoms with Gasteiger partial charge in [-0.1, -0.05) is 23.4 Å². The second-order valence-electron chi connectivity index (χ2n) is 6.78. The summed E-state index contributed by atoms with van der Waals surface area (Å²) in [6.45, 7) is 1.84.